The van der Waals surface area contributed by atoms with Gasteiger partial charge in [-0.1, -0.05) is 38.1 Å². The van der Waals surface area contributed by atoms with Gasteiger partial charge < -0.3 is 15.5 Å². The summed E-state index contributed by atoms with van der Waals surface area (Å²) in [6.45, 7) is 6.39. The molecule has 12 heteroatoms. The van der Waals surface area contributed by atoms with E-state index >= 15 is 0 Å². The second-order valence-electron chi connectivity index (χ2n) is 6.52. The second-order valence-corrected chi connectivity index (χ2v) is 6.52. The van der Waals surface area contributed by atoms with Gasteiger partial charge in [0.15, 0.2) is 0 Å². The maximum atomic E-state index is 12.3. The lowest BCUT2D eigenvalue weighted by Gasteiger charge is -2.18. The van der Waals surface area contributed by atoms with Crippen LogP contribution in [-0.4, -0.2) is 49.5 Å². The standard InChI is InChI=1S/C16H12N4O7.C4H11N/c21-5-6-1-3-7(4-2-6)8(9-11(22)17-15(26)18-12(9)23)10-13(24)19-16(27)20-14(10)25;1-3-5-4-2/h1-5,8H,(H3,17,18,22,23,26)(H3,19,20,24,25,27);5H,3-4H2,1-2H3. The van der Waals surface area contributed by atoms with Gasteiger partial charge in [-0.15, -0.1) is 0 Å². The third-order valence-corrected chi connectivity index (χ3v) is 4.40. The summed E-state index contributed by atoms with van der Waals surface area (Å²) in [5.41, 5.74) is -4.33. The Morgan fingerprint density at radius 3 is 1.56 bits per heavy atom. The first-order valence-corrected chi connectivity index (χ1v) is 9.60. The largest absolute Gasteiger partial charge is 0.494 e. The molecule has 0 atom stereocenters. The number of carbonyl (C=O) groups excluding carboxylic acids is 1. The molecule has 0 saturated carbocycles. The number of aldehydes is 1. The van der Waals surface area contributed by atoms with Crippen LogP contribution in [0.15, 0.2) is 43.4 Å². The molecule has 3 aromatic rings. The normalized spacial score (nSPS) is 10.5. The topological polar surface area (TPSA) is 201 Å². The molecular formula is C20H23N5O7. The van der Waals surface area contributed by atoms with Gasteiger partial charge in [-0.2, -0.15) is 0 Å². The van der Waals surface area contributed by atoms with Crippen LogP contribution in [-0.2, 0) is 0 Å². The predicted octanol–water partition coefficient (Wildman–Crippen LogP) is -0.540. The van der Waals surface area contributed by atoms with E-state index in [1.165, 1.54) is 24.3 Å². The van der Waals surface area contributed by atoms with E-state index < -0.39 is 51.3 Å². The molecule has 0 aliphatic carbocycles. The minimum atomic E-state index is -1.37. The SMILES string of the molecule is CCNCC.O=Cc1ccc(C(c2c(O)[nH]c(=O)[nH]c2=O)c2c(O)[nH]c(=O)[nH]c2=O)cc1. The predicted molar refractivity (Wildman–Crippen MR) is 116 cm³/mol. The van der Waals surface area contributed by atoms with Gasteiger partial charge in [-0.3, -0.25) is 34.3 Å². The fourth-order valence-electron chi connectivity index (χ4n) is 3.00. The molecule has 7 N–H and O–H groups in total. The molecule has 0 aliphatic heterocycles. The van der Waals surface area contributed by atoms with Crippen molar-refractivity contribution in [1.29, 1.82) is 0 Å². The van der Waals surface area contributed by atoms with Crippen molar-refractivity contribution < 1.29 is 15.0 Å². The van der Waals surface area contributed by atoms with Gasteiger partial charge >= 0.3 is 11.4 Å². The van der Waals surface area contributed by atoms with Crippen LogP contribution in [0, 0.1) is 0 Å². The van der Waals surface area contributed by atoms with Gasteiger partial charge in [0.1, 0.15) is 6.29 Å². The van der Waals surface area contributed by atoms with Crippen LogP contribution < -0.4 is 27.8 Å². The molecule has 0 fully saturated rings. The van der Waals surface area contributed by atoms with Gasteiger partial charge in [0, 0.05) is 5.56 Å². The number of hydrogen-bond donors (Lipinski definition) is 7. The highest BCUT2D eigenvalue weighted by molar-refractivity contribution is 5.74. The van der Waals surface area contributed by atoms with Crippen molar-refractivity contribution in [2.45, 2.75) is 19.8 Å². The minimum Gasteiger partial charge on any atom is -0.494 e. The molecule has 0 radical (unpaired) electrons. The Balaban J connectivity index is 0.000000654. The summed E-state index contributed by atoms with van der Waals surface area (Å²) in [5, 5.41) is 23.3. The Kier molecular flexibility index (Phi) is 8.07. The number of H-pyrrole nitrogens is 4. The van der Waals surface area contributed by atoms with Gasteiger partial charge in [0.2, 0.25) is 11.8 Å². The van der Waals surface area contributed by atoms with E-state index in [1.807, 2.05) is 19.9 Å². The van der Waals surface area contributed by atoms with Crippen molar-refractivity contribution >= 4 is 6.29 Å². The number of hydrogen-bond acceptors (Lipinski definition) is 8. The van der Waals surface area contributed by atoms with Gasteiger partial charge in [-0.25, -0.2) is 9.59 Å². The van der Waals surface area contributed by atoms with Crippen molar-refractivity contribution in [2.24, 2.45) is 0 Å². The fourth-order valence-corrected chi connectivity index (χ4v) is 3.00. The van der Waals surface area contributed by atoms with Crippen molar-refractivity contribution in [3.63, 3.8) is 0 Å². The quantitative estimate of drug-likeness (QED) is 0.245. The number of benzene rings is 1. The third kappa shape index (κ3) is 5.49. The molecule has 0 spiro atoms. The average Bonchev–Trinajstić information content (AvgIpc) is 2.72. The number of rotatable bonds is 6. The Labute approximate surface area is 180 Å². The maximum absolute atomic E-state index is 12.3. The first-order valence-electron chi connectivity index (χ1n) is 9.60. The maximum Gasteiger partial charge on any atom is 0.328 e. The lowest BCUT2D eigenvalue weighted by Crippen LogP contribution is -2.32. The number of nitrogens with one attached hydrogen (secondary N) is 5. The van der Waals surface area contributed by atoms with Crippen molar-refractivity contribution in [3.05, 3.63) is 88.2 Å². The molecule has 1 aromatic carbocycles. The summed E-state index contributed by atoms with van der Waals surface area (Å²) >= 11 is 0. The molecule has 2 aromatic heterocycles. The monoisotopic (exact) mass is 445 g/mol. The van der Waals surface area contributed by atoms with Crippen LogP contribution in [0.5, 0.6) is 11.8 Å². The summed E-state index contributed by atoms with van der Waals surface area (Å²) in [6.07, 6.45) is 0.577. The highest BCUT2D eigenvalue weighted by Crippen LogP contribution is 2.34. The summed E-state index contributed by atoms with van der Waals surface area (Å²) in [7, 11) is 0. The third-order valence-electron chi connectivity index (χ3n) is 4.40. The van der Waals surface area contributed by atoms with E-state index in [0.29, 0.717) is 11.8 Å². The number of carbonyl (C=O) groups is 1. The van der Waals surface area contributed by atoms with Crippen LogP contribution in [0.2, 0.25) is 0 Å². The molecule has 0 bridgehead atoms. The molecule has 0 saturated heterocycles. The second kappa shape index (κ2) is 10.7. The molecule has 0 unspecified atom stereocenters. The number of aromatic amines is 4. The van der Waals surface area contributed by atoms with Crippen molar-refractivity contribution in [1.82, 2.24) is 25.3 Å². The Morgan fingerprint density at radius 1 is 0.812 bits per heavy atom. The Bertz CT molecular complexity index is 1230. The van der Waals surface area contributed by atoms with Crippen LogP contribution in [0.25, 0.3) is 0 Å². The fraction of sp³-hybridized carbons (Fsp3) is 0.250. The van der Waals surface area contributed by atoms with E-state index in [2.05, 4.69) is 19.2 Å². The zero-order valence-corrected chi connectivity index (χ0v) is 17.3. The number of aromatic hydroxyl groups is 2. The first kappa shape index (κ1) is 24.1. The Morgan fingerprint density at radius 2 is 1.25 bits per heavy atom. The highest BCUT2D eigenvalue weighted by atomic mass is 16.3. The van der Waals surface area contributed by atoms with Crippen LogP contribution in [0.1, 0.15) is 46.8 Å². The molecule has 3 rings (SSSR count). The minimum absolute atomic E-state index is 0.223. The average molecular weight is 445 g/mol. The van der Waals surface area contributed by atoms with E-state index in [1.54, 1.807) is 0 Å². The van der Waals surface area contributed by atoms with Crippen molar-refractivity contribution in [2.75, 3.05) is 13.1 Å². The highest BCUT2D eigenvalue weighted by Gasteiger charge is 2.30. The van der Waals surface area contributed by atoms with Gasteiger partial charge in [-0.05, 0) is 18.7 Å². The Hall–Kier alpha value is -4.19. The summed E-state index contributed by atoms with van der Waals surface area (Å²) in [6, 6.07) is 5.57. The zero-order chi connectivity index (χ0) is 23.8. The molecule has 0 aliphatic rings. The summed E-state index contributed by atoms with van der Waals surface area (Å²) < 4.78 is 0. The summed E-state index contributed by atoms with van der Waals surface area (Å²) in [5.74, 6) is -3.01. The van der Waals surface area contributed by atoms with Crippen LogP contribution >= 0.6 is 0 Å². The first-order chi connectivity index (χ1) is 15.2. The van der Waals surface area contributed by atoms with Gasteiger partial charge in [0.25, 0.3) is 11.1 Å². The number of aromatic nitrogens is 4. The van der Waals surface area contributed by atoms with E-state index in [0.717, 1.165) is 13.1 Å². The van der Waals surface area contributed by atoms with E-state index in [9.17, 15) is 34.2 Å². The molecule has 32 heavy (non-hydrogen) atoms. The molecule has 0 amide bonds. The zero-order valence-electron chi connectivity index (χ0n) is 17.3. The summed E-state index contributed by atoms with van der Waals surface area (Å²) in [4.78, 5) is 66.0. The van der Waals surface area contributed by atoms with Crippen LogP contribution in [0.3, 0.4) is 0 Å². The molecular weight excluding hydrogens is 422 g/mol. The lowest BCUT2D eigenvalue weighted by atomic mass is 9.86. The van der Waals surface area contributed by atoms with Gasteiger partial charge in [0.05, 0.1) is 17.0 Å². The van der Waals surface area contributed by atoms with E-state index in [4.69, 9.17) is 0 Å². The van der Waals surface area contributed by atoms with Crippen LogP contribution in [0.4, 0.5) is 0 Å². The molecule has 12 nitrogen and oxygen atoms in total. The van der Waals surface area contributed by atoms with E-state index in [-0.39, 0.29) is 5.56 Å². The smallest absolute Gasteiger partial charge is 0.328 e. The molecule has 170 valence electrons. The van der Waals surface area contributed by atoms with Crippen molar-refractivity contribution in [3.8, 4) is 11.8 Å². The lowest BCUT2D eigenvalue weighted by molar-refractivity contribution is 0.112. The molecule has 2 heterocycles.